The number of aromatic nitrogens is 2. The van der Waals surface area contributed by atoms with E-state index in [9.17, 15) is 0 Å². The van der Waals surface area contributed by atoms with Crippen LogP contribution in [0.5, 0.6) is 0 Å². The van der Waals surface area contributed by atoms with Crippen molar-refractivity contribution in [3.63, 3.8) is 0 Å². The first-order valence-electron chi connectivity index (χ1n) is 14.3. The Hall–Kier alpha value is -3.94. The van der Waals surface area contributed by atoms with Crippen LogP contribution in [-0.2, 0) is 12.8 Å². The minimum atomic E-state index is 0.711. The van der Waals surface area contributed by atoms with Crippen molar-refractivity contribution in [2.75, 3.05) is 39.3 Å². The van der Waals surface area contributed by atoms with E-state index in [0.717, 1.165) is 97.2 Å². The molecule has 3 rings (SSSR count). The van der Waals surface area contributed by atoms with Crippen molar-refractivity contribution in [1.82, 2.24) is 20.6 Å². The lowest BCUT2D eigenvalue weighted by Gasteiger charge is -2.12. The molecule has 0 saturated heterocycles. The summed E-state index contributed by atoms with van der Waals surface area (Å²) in [5, 5.41) is 7.07. The maximum atomic E-state index is 4.86. The molecule has 2 aromatic rings. The Balaban J connectivity index is 1.64. The fourth-order valence-corrected chi connectivity index (χ4v) is 4.26. The van der Waals surface area contributed by atoms with Crippen molar-refractivity contribution in [2.45, 2.75) is 53.4 Å². The predicted octanol–water partition coefficient (Wildman–Crippen LogP) is 4.85. The monoisotopic (exact) mass is 540 g/mol. The average molecular weight is 541 g/mol. The molecule has 3 heterocycles. The summed E-state index contributed by atoms with van der Waals surface area (Å²) in [7, 11) is 0. The molecule has 8 nitrogen and oxygen atoms in total. The molecule has 0 amide bonds. The first-order chi connectivity index (χ1) is 19.5. The van der Waals surface area contributed by atoms with Gasteiger partial charge in [0.1, 0.15) is 0 Å². The second-order valence-corrected chi connectivity index (χ2v) is 9.78. The lowest BCUT2D eigenvalue weighted by Crippen LogP contribution is -2.20. The minimum Gasteiger partial charge on any atom is -0.388 e. The number of hydrogen-bond donors (Lipinski definition) is 2. The highest BCUT2D eigenvalue weighted by molar-refractivity contribution is 6.16. The van der Waals surface area contributed by atoms with E-state index in [1.807, 2.05) is 49.1 Å². The molecule has 40 heavy (non-hydrogen) atoms. The molecular formula is C32H44N8. The van der Waals surface area contributed by atoms with Gasteiger partial charge in [-0.05, 0) is 64.8 Å². The van der Waals surface area contributed by atoms with E-state index in [0.29, 0.717) is 13.1 Å². The highest BCUT2D eigenvalue weighted by atomic mass is 14.9. The van der Waals surface area contributed by atoms with Gasteiger partial charge in [0.05, 0.1) is 0 Å². The fourth-order valence-electron chi connectivity index (χ4n) is 4.26. The maximum absolute atomic E-state index is 4.86. The predicted molar refractivity (Wildman–Crippen MR) is 169 cm³/mol. The number of nitrogens with zero attached hydrogens (tertiary/aromatic N) is 6. The van der Waals surface area contributed by atoms with Crippen LogP contribution in [0.4, 0.5) is 0 Å². The second-order valence-electron chi connectivity index (χ2n) is 9.78. The largest absolute Gasteiger partial charge is 0.388 e. The third-order valence-electron chi connectivity index (χ3n) is 6.61. The summed E-state index contributed by atoms with van der Waals surface area (Å²) in [4.78, 5) is 28.0. The number of allylic oxidation sites excluding steroid dienone is 4. The highest BCUT2D eigenvalue weighted by Crippen LogP contribution is 2.07. The van der Waals surface area contributed by atoms with E-state index in [-0.39, 0.29) is 0 Å². The highest BCUT2D eigenvalue weighted by Gasteiger charge is 2.07. The first-order valence-corrected chi connectivity index (χ1v) is 14.3. The van der Waals surface area contributed by atoms with Crippen LogP contribution in [0.25, 0.3) is 0 Å². The third-order valence-corrected chi connectivity index (χ3v) is 6.61. The van der Waals surface area contributed by atoms with Crippen LogP contribution in [0.15, 0.2) is 91.3 Å². The molecule has 212 valence electrons. The molecule has 8 heteroatoms. The molecule has 0 saturated carbocycles. The summed E-state index contributed by atoms with van der Waals surface area (Å²) in [5.41, 5.74) is 8.40. The molecule has 0 aliphatic carbocycles. The van der Waals surface area contributed by atoms with Gasteiger partial charge >= 0.3 is 0 Å². The zero-order chi connectivity index (χ0) is 28.4. The Labute approximate surface area is 239 Å². The van der Waals surface area contributed by atoms with Gasteiger partial charge in [0.15, 0.2) is 0 Å². The van der Waals surface area contributed by atoms with E-state index in [4.69, 9.17) is 20.0 Å². The summed E-state index contributed by atoms with van der Waals surface area (Å²) in [5.74, 6) is 0. The zero-order valence-corrected chi connectivity index (χ0v) is 24.5. The van der Waals surface area contributed by atoms with Gasteiger partial charge in [-0.25, -0.2) is 0 Å². The third kappa shape index (κ3) is 11.0. The number of aliphatic imine (C=N–C) groups is 4. The van der Waals surface area contributed by atoms with Crippen LogP contribution in [0.2, 0.25) is 0 Å². The standard InChI is InChI=1S/C32H44N8/c1-25-31(27(3)37-21-13-29-11-5-7-17-39-29)23-33-15-9-16-34-24-32(26(2)36-20-10-19-35-25)28(4)38-22-14-30-12-6-8-18-40-30/h5-8,11-12,17-18,23-24,37-38H,9-10,13-16,19-22H2,1-4H3/b31-27-,32-28-,33-23?,34-24?,35-25?,36-26?. The molecule has 0 spiro atoms. The maximum Gasteiger partial charge on any atom is 0.0422 e. The van der Waals surface area contributed by atoms with Crippen molar-refractivity contribution in [1.29, 1.82) is 0 Å². The van der Waals surface area contributed by atoms with Crippen LogP contribution in [0, 0.1) is 0 Å². The molecule has 0 aromatic carbocycles. The lowest BCUT2D eigenvalue weighted by atomic mass is 10.1. The molecule has 2 aromatic heterocycles. The number of pyridine rings is 2. The first kappa shape index (κ1) is 30.6. The van der Waals surface area contributed by atoms with Crippen molar-refractivity contribution in [3.05, 3.63) is 82.7 Å². The minimum absolute atomic E-state index is 0.711. The molecule has 0 fully saturated rings. The molecule has 0 radical (unpaired) electrons. The van der Waals surface area contributed by atoms with Gasteiger partial charge < -0.3 is 10.6 Å². The normalized spacial score (nSPS) is 18.0. The average Bonchev–Trinajstić information content (AvgIpc) is 2.96. The van der Waals surface area contributed by atoms with Crippen LogP contribution in [0.1, 0.15) is 51.9 Å². The van der Waals surface area contributed by atoms with Gasteiger partial charge in [0, 0.05) is 122 Å². The number of rotatable bonds is 8. The summed E-state index contributed by atoms with van der Waals surface area (Å²) in [6.07, 6.45) is 11.1. The Morgan fingerprint density at radius 2 is 1.10 bits per heavy atom. The zero-order valence-electron chi connectivity index (χ0n) is 24.5. The van der Waals surface area contributed by atoms with Gasteiger partial charge in [0.25, 0.3) is 0 Å². The van der Waals surface area contributed by atoms with Crippen molar-refractivity contribution >= 4 is 23.9 Å². The van der Waals surface area contributed by atoms with E-state index >= 15 is 0 Å². The van der Waals surface area contributed by atoms with E-state index in [1.165, 1.54) is 0 Å². The van der Waals surface area contributed by atoms with E-state index in [2.05, 4.69) is 60.4 Å². The Kier molecular flexibility index (Phi) is 13.5. The Bertz CT molecular complexity index is 1130. The van der Waals surface area contributed by atoms with Crippen LogP contribution in [0.3, 0.4) is 0 Å². The van der Waals surface area contributed by atoms with Crippen LogP contribution >= 0.6 is 0 Å². The molecule has 0 unspecified atom stereocenters. The number of hydrogen-bond acceptors (Lipinski definition) is 8. The summed E-state index contributed by atoms with van der Waals surface area (Å²) in [6.45, 7) is 12.8. The Morgan fingerprint density at radius 1 is 0.650 bits per heavy atom. The Morgan fingerprint density at radius 3 is 1.52 bits per heavy atom. The topological polar surface area (TPSA) is 99.3 Å². The summed E-state index contributed by atoms with van der Waals surface area (Å²) >= 11 is 0. The summed E-state index contributed by atoms with van der Waals surface area (Å²) in [6, 6.07) is 12.0. The molecule has 2 N–H and O–H groups in total. The van der Waals surface area contributed by atoms with E-state index < -0.39 is 0 Å². The van der Waals surface area contributed by atoms with Crippen LogP contribution < -0.4 is 10.6 Å². The molecule has 1 aliphatic heterocycles. The lowest BCUT2D eigenvalue weighted by molar-refractivity contribution is 0.771. The van der Waals surface area contributed by atoms with Gasteiger partial charge in [-0.1, -0.05) is 12.1 Å². The fraction of sp³-hybridized carbons (Fsp3) is 0.438. The summed E-state index contributed by atoms with van der Waals surface area (Å²) < 4.78 is 0. The molecule has 0 atom stereocenters. The van der Waals surface area contributed by atoms with Crippen molar-refractivity contribution < 1.29 is 0 Å². The van der Waals surface area contributed by atoms with Gasteiger partial charge in [-0.15, -0.1) is 0 Å². The van der Waals surface area contributed by atoms with Crippen molar-refractivity contribution in [2.24, 2.45) is 20.0 Å². The smallest absolute Gasteiger partial charge is 0.0422 e. The van der Waals surface area contributed by atoms with Gasteiger partial charge in [-0.3, -0.25) is 29.9 Å². The second kappa shape index (κ2) is 17.6. The van der Waals surface area contributed by atoms with Crippen molar-refractivity contribution in [3.8, 4) is 0 Å². The molecule has 0 bridgehead atoms. The van der Waals surface area contributed by atoms with Gasteiger partial charge in [-0.2, -0.15) is 0 Å². The van der Waals surface area contributed by atoms with Gasteiger partial charge in [0.2, 0.25) is 0 Å². The SMILES string of the molecule is CC1=NCCCN=C(C)/C(=C(/C)NCCc2ccccn2)C=NCCCN=C/C1=C(\C)NCCc1ccccn1. The van der Waals surface area contributed by atoms with Crippen LogP contribution in [-0.4, -0.2) is 73.1 Å². The van der Waals surface area contributed by atoms with E-state index in [1.54, 1.807) is 0 Å². The molecule has 1 aliphatic rings. The molecular weight excluding hydrogens is 496 g/mol. The quantitative estimate of drug-likeness (QED) is 0.500. The number of nitrogens with one attached hydrogen (secondary N) is 2.